The molecule has 1 aliphatic carbocycles. The highest BCUT2D eigenvalue weighted by atomic mass is 35.5. The molecule has 1 aliphatic rings. The largest absolute Gasteiger partial charge is 0.465 e. The van der Waals surface area contributed by atoms with Crippen molar-refractivity contribution in [3.8, 4) is 6.07 Å². The zero-order valence-corrected chi connectivity index (χ0v) is 16.1. The smallest absolute Gasteiger partial charge is 0.317 e. The molecular weight excluding hydrogens is 378 g/mol. The van der Waals surface area contributed by atoms with Gasteiger partial charge in [0.25, 0.3) is 0 Å². The van der Waals surface area contributed by atoms with Crippen LogP contribution in [0.3, 0.4) is 0 Å². The van der Waals surface area contributed by atoms with E-state index in [1.54, 1.807) is 61.5 Å². The third-order valence-corrected chi connectivity index (χ3v) is 5.48. The van der Waals surface area contributed by atoms with Gasteiger partial charge in [-0.15, -0.1) is 0 Å². The molecule has 1 N–H and O–H groups in total. The quantitative estimate of drug-likeness (QED) is 0.629. The number of hydrogen-bond donors (Lipinski definition) is 1. The van der Waals surface area contributed by atoms with Gasteiger partial charge in [-0.3, -0.25) is 9.59 Å². The molecular formula is C22H20ClNO4. The lowest BCUT2D eigenvalue weighted by atomic mass is 9.60. The average molecular weight is 398 g/mol. The van der Waals surface area contributed by atoms with Gasteiger partial charge in [-0.25, -0.2) is 0 Å². The molecule has 0 saturated heterocycles. The SMILES string of the molecule is CCOC(=O)[C@@H]1C(=O)C[C@@](O)(c2ccccc2)[C@@H](C#N)[C@@H]1c1ccc(Cl)cc1. The Morgan fingerprint density at radius 2 is 1.89 bits per heavy atom. The summed E-state index contributed by atoms with van der Waals surface area (Å²) >= 11 is 5.98. The number of rotatable bonds is 4. The number of hydrogen-bond acceptors (Lipinski definition) is 5. The molecule has 4 atom stereocenters. The summed E-state index contributed by atoms with van der Waals surface area (Å²) in [6, 6.07) is 17.4. The molecule has 0 aliphatic heterocycles. The van der Waals surface area contributed by atoms with Gasteiger partial charge in [-0.2, -0.15) is 5.26 Å². The Bertz CT molecular complexity index is 906. The van der Waals surface area contributed by atoms with E-state index >= 15 is 0 Å². The lowest BCUT2D eigenvalue weighted by molar-refractivity contribution is -0.161. The van der Waals surface area contributed by atoms with Crippen LogP contribution in [0.1, 0.15) is 30.4 Å². The van der Waals surface area contributed by atoms with E-state index in [1.165, 1.54) is 0 Å². The maximum absolute atomic E-state index is 13.0. The standard InChI is InChI=1S/C22H20ClNO4/c1-2-28-21(26)20-18(25)12-22(27,15-6-4-3-5-7-15)17(13-24)19(20)14-8-10-16(23)11-9-14/h3-11,17,19-20,27H,2,12H2,1H3/t17-,19-,20+,22+/m0/s1. The maximum Gasteiger partial charge on any atom is 0.317 e. The van der Waals surface area contributed by atoms with Crippen LogP contribution in [-0.2, 0) is 19.9 Å². The van der Waals surface area contributed by atoms with Gasteiger partial charge in [-0.05, 0) is 30.2 Å². The fourth-order valence-electron chi connectivity index (χ4n) is 3.95. The summed E-state index contributed by atoms with van der Waals surface area (Å²) in [5, 5.41) is 21.9. The number of aliphatic hydroxyl groups is 1. The molecule has 144 valence electrons. The number of nitriles is 1. The lowest BCUT2D eigenvalue weighted by Gasteiger charge is -2.44. The molecule has 2 aromatic carbocycles. The Balaban J connectivity index is 2.16. The molecule has 0 aromatic heterocycles. The van der Waals surface area contributed by atoms with Crippen molar-refractivity contribution >= 4 is 23.4 Å². The second kappa shape index (κ2) is 8.14. The summed E-state index contributed by atoms with van der Waals surface area (Å²) < 4.78 is 5.12. The van der Waals surface area contributed by atoms with E-state index in [2.05, 4.69) is 6.07 Å². The second-order valence-corrected chi connectivity index (χ2v) is 7.28. The highest BCUT2D eigenvalue weighted by Gasteiger charge is 2.56. The van der Waals surface area contributed by atoms with Crippen molar-refractivity contribution in [2.75, 3.05) is 6.61 Å². The third kappa shape index (κ3) is 3.54. The van der Waals surface area contributed by atoms with Gasteiger partial charge in [0.15, 0.2) is 5.78 Å². The molecule has 1 saturated carbocycles. The first-order valence-electron chi connectivity index (χ1n) is 9.04. The van der Waals surface area contributed by atoms with Crippen molar-refractivity contribution in [3.63, 3.8) is 0 Å². The van der Waals surface area contributed by atoms with Crippen molar-refractivity contribution in [1.29, 1.82) is 5.26 Å². The van der Waals surface area contributed by atoms with Gasteiger partial charge in [0.1, 0.15) is 11.5 Å². The predicted molar refractivity (Wildman–Crippen MR) is 103 cm³/mol. The zero-order valence-electron chi connectivity index (χ0n) is 15.3. The Labute approximate surface area is 168 Å². The van der Waals surface area contributed by atoms with Crippen molar-refractivity contribution in [1.82, 2.24) is 0 Å². The van der Waals surface area contributed by atoms with Crippen molar-refractivity contribution in [2.45, 2.75) is 24.9 Å². The number of ketones is 1. The van der Waals surface area contributed by atoms with Gasteiger partial charge in [0, 0.05) is 17.4 Å². The summed E-state index contributed by atoms with van der Waals surface area (Å²) in [5.74, 6) is -4.16. The van der Waals surface area contributed by atoms with Crippen LogP contribution in [0.25, 0.3) is 0 Å². The number of ether oxygens (including phenoxy) is 1. The number of carbonyl (C=O) groups excluding carboxylic acids is 2. The summed E-state index contributed by atoms with van der Waals surface area (Å²) in [5.41, 5.74) is -0.659. The van der Waals surface area contributed by atoms with Crippen molar-refractivity contribution in [3.05, 3.63) is 70.7 Å². The first-order chi connectivity index (χ1) is 13.4. The first kappa shape index (κ1) is 20.1. The van der Waals surface area contributed by atoms with E-state index in [1.807, 2.05) is 0 Å². The van der Waals surface area contributed by atoms with Crippen molar-refractivity contribution in [2.24, 2.45) is 11.8 Å². The van der Waals surface area contributed by atoms with Crippen molar-refractivity contribution < 1.29 is 19.4 Å². The normalized spacial score (nSPS) is 27.1. The Morgan fingerprint density at radius 3 is 2.46 bits per heavy atom. The highest BCUT2D eigenvalue weighted by Crippen LogP contribution is 2.50. The third-order valence-electron chi connectivity index (χ3n) is 5.23. The van der Waals surface area contributed by atoms with E-state index in [9.17, 15) is 20.0 Å². The zero-order chi connectivity index (χ0) is 20.3. The predicted octanol–water partition coefficient (Wildman–Crippen LogP) is 3.60. The highest BCUT2D eigenvalue weighted by molar-refractivity contribution is 6.30. The van der Waals surface area contributed by atoms with Crippen LogP contribution in [0, 0.1) is 23.2 Å². The van der Waals surface area contributed by atoms with E-state index < -0.39 is 35.1 Å². The molecule has 0 amide bonds. The van der Waals surface area contributed by atoms with Gasteiger partial charge in [-0.1, -0.05) is 54.1 Å². The fraction of sp³-hybridized carbons (Fsp3) is 0.318. The van der Waals surface area contributed by atoms with Crippen LogP contribution in [0.15, 0.2) is 54.6 Å². The fourth-order valence-corrected chi connectivity index (χ4v) is 4.08. The van der Waals surface area contributed by atoms with Gasteiger partial charge in [0.05, 0.1) is 18.6 Å². The minimum Gasteiger partial charge on any atom is -0.465 e. The monoisotopic (exact) mass is 397 g/mol. The molecule has 5 nitrogen and oxygen atoms in total. The molecule has 0 spiro atoms. The van der Waals surface area contributed by atoms with Crippen LogP contribution in [-0.4, -0.2) is 23.5 Å². The molecule has 0 unspecified atom stereocenters. The van der Waals surface area contributed by atoms with Crippen LogP contribution in [0.5, 0.6) is 0 Å². The van der Waals surface area contributed by atoms with E-state index in [4.69, 9.17) is 16.3 Å². The summed E-state index contributed by atoms with van der Waals surface area (Å²) in [6.07, 6.45) is -0.331. The maximum atomic E-state index is 13.0. The minimum atomic E-state index is -1.71. The number of benzene rings is 2. The van der Waals surface area contributed by atoms with Crippen LogP contribution in [0.4, 0.5) is 0 Å². The molecule has 6 heteroatoms. The molecule has 1 fully saturated rings. The number of nitrogens with zero attached hydrogens (tertiary/aromatic N) is 1. The van der Waals surface area contributed by atoms with Crippen LogP contribution in [0.2, 0.25) is 5.02 Å². The molecule has 0 heterocycles. The number of carbonyl (C=O) groups is 2. The topological polar surface area (TPSA) is 87.4 Å². The van der Waals surface area contributed by atoms with Gasteiger partial charge >= 0.3 is 5.97 Å². The Kier molecular flexibility index (Phi) is 5.83. The summed E-state index contributed by atoms with van der Waals surface area (Å²) in [6.45, 7) is 1.78. The van der Waals surface area contributed by atoms with Gasteiger partial charge < -0.3 is 9.84 Å². The van der Waals surface area contributed by atoms with Gasteiger partial charge in [0.2, 0.25) is 0 Å². The molecule has 0 bridgehead atoms. The number of halogens is 1. The van der Waals surface area contributed by atoms with E-state index in [0.29, 0.717) is 16.1 Å². The van der Waals surface area contributed by atoms with Crippen LogP contribution < -0.4 is 0 Å². The Hall–Kier alpha value is -2.68. The summed E-state index contributed by atoms with van der Waals surface area (Å²) in [7, 11) is 0. The molecule has 28 heavy (non-hydrogen) atoms. The lowest BCUT2D eigenvalue weighted by Crippen LogP contribution is -2.51. The molecule has 3 rings (SSSR count). The minimum absolute atomic E-state index is 0.121. The average Bonchev–Trinajstić information content (AvgIpc) is 2.69. The van der Waals surface area contributed by atoms with Crippen LogP contribution >= 0.6 is 11.6 Å². The van der Waals surface area contributed by atoms with E-state index in [-0.39, 0.29) is 13.0 Å². The molecule has 2 aromatic rings. The van der Waals surface area contributed by atoms with E-state index in [0.717, 1.165) is 0 Å². The number of esters is 1. The second-order valence-electron chi connectivity index (χ2n) is 6.85. The Morgan fingerprint density at radius 1 is 1.25 bits per heavy atom. The summed E-state index contributed by atoms with van der Waals surface area (Å²) in [4.78, 5) is 25.6. The first-order valence-corrected chi connectivity index (χ1v) is 9.42. The molecule has 0 radical (unpaired) electrons. The number of Topliss-reactive ketones (excluding diaryl/α,β-unsaturated/α-hetero) is 1.